The van der Waals surface area contributed by atoms with Gasteiger partial charge in [0.1, 0.15) is 9.88 Å². The molecule has 0 saturated carbocycles. The molecule has 1 N–H and O–H groups in total. The van der Waals surface area contributed by atoms with Crippen LogP contribution in [-0.2, 0) is 6.42 Å². The molecule has 124 valence electrons. The highest BCUT2D eigenvalue weighted by atomic mass is 32.1. The van der Waals surface area contributed by atoms with Crippen molar-refractivity contribution in [2.45, 2.75) is 32.7 Å². The van der Waals surface area contributed by atoms with Crippen molar-refractivity contribution in [2.75, 3.05) is 0 Å². The zero-order valence-electron chi connectivity index (χ0n) is 13.8. The van der Waals surface area contributed by atoms with E-state index in [0.29, 0.717) is 4.88 Å². The summed E-state index contributed by atoms with van der Waals surface area (Å²) in [6.45, 7) is 3.95. The second-order valence-electron chi connectivity index (χ2n) is 5.84. The Morgan fingerprint density at radius 2 is 2.04 bits per heavy atom. The Bertz CT molecular complexity index is 794. The molecule has 3 aromatic rings. The third-order valence-corrected chi connectivity index (χ3v) is 5.75. The summed E-state index contributed by atoms with van der Waals surface area (Å²) in [6, 6.07) is 12.5. The molecular formula is C19H20N2OS2. The number of nitrogens with zero attached hydrogens (tertiary/aromatic N) is 1. The van der Waals surface area contributed by atoms with Crippen molar-refractivity contribution in [1.82, 2.24) is 10.3 Å². The molecule has 0 aliphatic carbocycles. The van der Waals surface area contributed by atoms with Crippen LogP contribution in [0.4, 0.5) is 0 Å². The van der Waals surface area contributed by atoms with E-state index in [4.69, 9.17) is 0 Å². The number of amides is 1. The third-order valence-electron chi connectivity index (χ3n) is 3.86. The molecule has 1 amide bonds. The molecule has 1 unspecified atom stereocenters. The maximum Gasteiger partial charge on any atom is 0.263 e. The minimum atomic E-state index is -0.0213. The number of rotatable bonds is 6. The van der Waals surface area contributed by atoms with E-state index in [1.165, 1.54) is 16.9 Å². The zero-order valence-corrected chi connectivity index (χ0v) is 15.4. The molecule has 0 aliphatic rings. The van der Waals surface area contributed by atoms with Gasteiger partial charge in [-0.05, 0) is 43.7 Å². The molecule has 5 heteroatoms. The van der Waals surface area contributed by atoms with Crippen LogP contribution in [0.25, 0.3) is 10.6 Å². The number of hydrogen-bond acceptors (Lipinski definition) is 4. The van der Waals surface area contributed by atoms with Gasteiger partial charge in [-0.3, -0.25) is 4.79 Å². The summed E-state index contributed by atoms with van der Waals surface area (Å²) in [6.07, 6.45) is 1.88. The molecule has 1 atom stereocenters. The smallest absolute Gasteiger partial charge is 0.263 e. The Kier molecular flexibility index (Phi) is 5.43. The Morgan fingerprint density at radius 1 is 1.25 bits per heavy atom. The molecule has 0 aliphatic heterocycles. The molecule has 3 rings (SSSR count). The van der Waals surface area contributed by atoms with Crippen molar-refractivity contribution in [1.29, 1.82) is 0 Å². The van der Waals surface area contributed by atoms with Crippen molar-refractivity contribution >= 4 is 28.6 Å². The molecule has 2 heterocycles. The number of aromatic nitrogens is 1. The van der Waals surface area contributed by atoms with Crippen LogP contribution in [0, 0.1) is 6.92 Å². The molecule has 0 fully saturated rings. The molecule has 0 spiro atoms. The SMILES string of the molecule is Cc1nc(-c2ccsc2)sc1C(=O)NC(C)CCc1ccccc1. The lowest BCUT2D eigenvalue weighted by atomic mass is 10.1. The van der Waals surface area contributed by atoms with Gasteiger partial charge >= 0.3 is 0 Å². The Morgan fingerprint density at radius 3 is 2.75 bits per heavy atom. The molecule has 3 nitrogen and oxygen atoms in total. The van der Waals surface area contributed by atoms with Gasteiger partial charge in [-0.2, -0.15) is 11.3 Å². The van der Waals surface area contributed by atoms with Crippen LogP contribution in [0.15, 0.2) is 47.2 Å². The quantitative estimate of drug-likeness (QED) is 0.680. The fraction of sp³-hybridized carbons (Fsp3) is 0.263. The molecule has 24 heavy (non-hydrogen) atoms. The van der Waals surface area contributed by atoms with E-state index in [1.807, 2.05) is 36.6 Å². The minimum absolute atomic E-state index is 0.0213. The average molecular weight is 357 g/mol. The second-order valence-corrected chi connectivity index (χ2v) is 7.62. The molecule has 0 bridgehead atoms. The van der Waals surface area contributed by atoms with Gasteiger partial charge in [0.05, 0.1) is 5.69 Å². The van der Waals surface area contributed by atoms with Gasteiger partial charge in [0.2, 0.25) is 0 Å². The number of thiophene rings is 1. The van der Waals surface area contributed by atoms with Gasteiger partial charge in [0.15, 0.2) is 0 Å². The lowest BCUT2D eigenvalue weighted by Gasteiger charge is -2.13. The predicted octanol–water partition coefficient (Wildman–Crippen LogP) is 4.93. The summed E-state index contributed by atoms with van der Waals surface area (Å²) >= 11 is 3.10. The first kappa shape index (κ1) is 16.9. The molecular weight excluding hydrogens is 336 g/mol. The van der Waals surface area contributed by atoms with Crippen LogP contribution in [0.1, 0.15) is 34.3 Å². The maximum atomic E-state index is 12.5. The first-order chi connectivity index (χ1) is 11.6. The van der Waals surface area contributed by atoms with Crippen LogP contribution in [0.2, 0.25) is 0 Å². The van der Waals surface area contributed by atoms with Gasteiger partial charge in [-0.15, -0.1) is 11.3 Å². The summed E-state index contributed by atoms with van der Waals surface area (Å²) < 4.78 is 0. The number of thiazole rings is 1. The number of carbonyl (C=O) groups is 1. The highest BCUT2D eigenvalue weighted by Crippen LogP contribution is 2.29. The number of benzene rings is 1. The van der Waals surface area contributed by atoms with Crippen molar-refractivity contribution in [3.8, 4) is 10.6 Å². The molecule has 0 saturated heterocycles. The van der Waals surface area contributed by atoms with Crippen LogP contribution in [-0.4, -0.2) is 16.9 Å². The third kappa shape index (κ3) is 4.10. The summed E-state index contributed by atoms with van der Waals surface area (Å²) in [5.74, 6) is -0.0213. The Balaban J connectivity index is 1.60. The number of hydrogen-bond donors (Lipinski definition) is 1. The zero-order chi connectivity index (χ0) is 16.9. The van der Waals surface area contributed by atoms with Crippen molar-refractivity contribution in [3.05, 3.63) is 63.3 Å². The van der Waals surface area contributed by atoms with Gasteiger partial charge in [-0.25, -0.2) is 4.98 Å². The summed E-state index contributed by atoms with van der Waals surface area (Å²) in [5, 5.41) is 8.10. The van der Waals surface area contributed by atoms with Gasteiger partial charge in [0, 0.05) is 17.0 Å². The topological polar surface area (TPSA) is 42.0 Å². The number of nitrogens with one attached hydrogen (secondary N) is 1. The van der Waals surface area contributed by atoms with E-state index in [9.17, 15) is 4.79 Å². The Labute approximate surface area is 150 Å². The lowest BCUT2D eigenvalue weighted by Crippen LogP contribution is -2.32. The van der Waals surface area contributed by atoms with E-state index in [-0.39, 0.29) is 11.9 Å². The summed E-state index contributed by atoms with van der Waals surface area (Å²) in [7, 11) is 0. The largest absolute Gasteiger partial charge is 0.349 e. The fourth-order valence-corrected chi connectivity index (χ4v) is 4.19. The minimum Gasteiger partial charge on any atom is -0.349 e. The first-order valence-electron chi connectivity index (χ1n) is 7.98. The van der Waals surface area contributed by atoms with Crippen LogP contribution in [0.5, 0.6) is 0 Å². The van der Waals surface area contributed by atoms with Gasteiger partial charge in [0.25, 0.3) is 5.91 Å². The fourth-order valence-electron chi connectivity index (χ4n) is 2.51. The van der Waals surface area contributed by atoms with Crippen LogP contribution in [0.3, 0.4) is 0 Å². The second kappa shape index (κ2) is 7.73. The normalized spacial score (nSPS) is 12.1. The van der Waals surface area contributed by atoms with Gasteiger partial charge < -0.3 is 5.32 Å². The van der Waals surface area contributed by atoms with E-state index in [2.05, 4.69) is 34.7 Å². The molecule has 0 radical (unpaired) electrons. The molecule has 1 aromatic carbocycles. The van der Waals surface area contributed by atoms with Crippen molar-refractivity contribution in [3.63, 3.8) is 0 Å². The maximum absolute atomic E-state index is 12.5. The van der Waals surface area contributed by atoms with Gasteiger partial charge in [-0.1, -0.05) is 30.3 Å². The number of carbonyl (C=O) groups excluding carboxylic acids is 1. The Hall–Kier alpha value is -1.98. The monoisotopic (exact) mass is 356 g/mol. The van der Waals surface area contributed by atoms with E-state index < -0.39 is 0 Å². The summed E-state index contributed by atoms with van der Waals surface area (Å²) in [4.78, 5) is 17.8. The highest BCUT2D eigenvalue weighted by molar-refractivity contribution is 7.17. The highest BCUT2D eigenvalue weighted by Gasteiger charge is 2.18. The standard InChI is InChI=1S/C19H20N2OS2/c1-13(8-9-15-6-4-3-5-7-15)20-18(22)17-14(2)21-19(24-17)16-10-11-23-12-16/h3-7,10-13H,8-9H2,1-2H3,(H,20,22). The van der Waals surface area contributed by atoms with Crippen molar-refractivity contribution < 1.29 is 4.79 Å². The van der Waals surface area contributed by atoms with Crippen LogP contribution < -0.4 is 5.32 Å². The average Bonchev–Trinajstić information content (AvgIpc) is 3.23. The van der Waals surface area contributed by atoms with E-state index in [0.717, 1.165) is 29.1 Å². The molecule has 2 aromatic heterocycles. The first-order valence-corrected chi connectivity index (χ1v) is 9.74. The van der Waals surface area contributed by atoms with E-state index in [1.54, 1.807) is 11.3 Å². The van der Waals surface area contributed by atoms with Crippen molar-refractivity contribution in [2.24, 2.45) is 0 Å². The van der Waals surface area contributed by atoms with Crippen LogP contribution >= 0.6 is 22.7 Å². The number of aryl methyl sites for hydroxylation is 2. The summed E-state index contributed by atoms with van der Waals surface area (Å²) in [5.41, 5.74) is 3.19. The predicted molar refractivity (Wildman–Crippen MR) is 102 cm³/mol. The van der Waals surface area contributed by atoms with E-state index >= 15 is 0 Å². The lowest BCUT2D eigenvalue weighted by molar-refractivity contribution is 0.0942.